The van der Waals surface area contributed by atoms with Crippen LogP contribution in [0.3, 0.4) is 0 Å². The van der Waals surface area contributed by atoms with Crippen LogP contribution >= 0.6 is 23.2 Å². The van der Waals surface area contributed by atoms with Crippen LogP contribution in [0, 0.1) is 0 Å². The molecule has 8 heteroatoms. The van der Waals surface area contributed by atoms with Crippen molar-refractivity contribution in [2.24, 2.45) is 0 Å². The van der Waals surface area contributed by atoms with Gasteiger partial charge in [-0.2, -0.15) is 0 Å². The largest absolute Gasteiger partial charge is 0.324 e. The van der Waals surface area contributed by atoms with E-state index in [0.717, 1.165) is 21.3 Å². The lowest BCUT2D eigenvalue weighted by atomic mass is 10.1. The van der Waals surface area contributed by atoms with E-state index in [1.807, 2.05) is 36.4 Å². The van der Waals surface area contributed by atoms with Gasteiger partial charge in [0, 0.05) is 11.1 Å². The van der Waals surface area contributed by atoms with Gasteiger partial charge in [-0.1, -0.05) is 59.6 Å². The maximum atomic E-state index is 12.9. The molecule has 0 radical (unpaired) electrons. The molecule has 0 saturated carbocycles. The molecule has 0 bridgehead atoms. The van der Waals surface area contributed by atoms with E-state index >= 15 is 0 Å². The van der Waals surface area contributed by atoms with Crippen LogP contribution in [0.4, 0.5) is 11.4 Å². The van der Waals surface area contributed by atoms with Gasteiger partial charge in [-0.25, -0.2) is 8.42 Å². The zero-order valence-corrected chi connectivity index (χ0v) is 17.5. The van der Waals surface area contributed by atoms with Gasteiger partial charge >= 0.3 is 0 Å². The average Bonchev–Trinajstić information content (AvgIpc) is 2.64. The summed E-state index contributed by atoms with van der Waals surface area (Å²) in [5, 5.41) is 5.17. The summed E-state index contributed by atoms with van der Waals surface area (Å²) < 4.78 is 25.8. The fraction of sp³-hybridized carbons (Fsp3) is 0.150. The number of carbonyl (C=O) groups excluding carboxylic acids is 1. The van der Waals surface area contributed by atoms with Crippen molar-refractivity contribution in [2.75, 3.05) is 15.9 Å². The number of fused-ring (bicyclic) bond motifs is 1. The first-order chi connectivity index (χ1) is 13.2. The van der Waals surface area contributed by atoms with Crippen LogP contribution in [0.2, 0.25) is 10.0 Å². The second kappa shape index (κ2) is 7.99. The van der Waals surface area contributed by atoms with Crippen molar-refractivity contribution in [3.8, 4) is 0 Å². The number of hydrogen-bond acceptors (Lipinski definition) is 3. The second-order valence-electron chi connectivity index (χ2n) is 6.35. The topological polar surface area (TPSA) is 66.5 Å². The number of halogens is 2. The molecule has 1 amide bonds. The van der Waals surface area contributed by atoms with Crippen molar-refractivity contribution in [1.82, 2.24) is 0 Å². The van der Waals surface area contributed by atoms with E-state index in [4.69, 9.17) is 23.2 Å². The molecule has 5 nitrogen and oxygen atoms in total. The van der Waals surface area contributed by atoms with Crippen LogP contribution in [0.5, 0.6) is 0 Å². The summed E-state index contributed by atoms with van der Waals surface area (Å²) in [6.07, 6.45) is 1.04. The Balaban J connectivity index is 1.95. The highest BCUT2D eigenvalue weighted by Crippen LogP contribution is 2.30. The van der Waals surface area contributed by atoms with E-state index < -0.39 is 22.0 Å². The smallest absolute Gasteiger partial charge is 0.248 e. The van der Waals surface area contributed by atoms with Gasteiger partial charge in [0.05, 0.1) is 22.0 Å². The first-order valence-corrected chi connectivity index (χ1v) is 11.0. The Labute approximate surface area is 173 Å². The highest BCUT2D eigenvalue weighted by atomic mass is 35.5. The zero-order chi connectivity index (χ0) is 20.5. The molecule has 28 heavy (non-hydrogen) atoms. The molecule has 3 aromatic carbocycles. The molecular formula is C20H18Cl2N2O3S. The molecule has 3 aromatic rings. The number of nitrogens with zero attached hydrogens (tertiary/aromatic N) is 1. The zero-order valence-electron chi connectivity index (χ0n) is 15.2. The van der Waals surface area contributed by atoms with Gasteiger partial charge < -0.3 is 5.32 Å². The van der Waals surface area contributed by atoms with Crippen LogP contribution in [0.1, 0.15) is 6.92 Å². The summed E-state index contributed by atoms with van der Waals surface area (Å²) in [5.41, 5.74) is 0.870. The van der Waals surface area contributed by atoms with Crippen molar-refractivity contribution < 1.29 is 13.2 Å². The quantitative estimate of drug-likeness (QED) is 0.615. The number of nitrogens with one attached hydrogen (secondary N) is 1. The van der Waals surface area contributed by atoms with Crippen LogP contribution < -0.4 is 9.62 Å². The third-order valence-corrected chi connectivity index (χ3v) is 6.27. The molecule has 3 rings (SSSR count). The maximum Gasteiger partial charge on any atom is 0.248 e. The SMILES string of the molecule is CC(C(=O)Nc1cccc2ccccc12)N(c1ccc(Cl)c(Cl)c1)S(C)(=O)=O. The van der Waals surface area contributed by atoms with Crippen LogP contribution in [0.25, 0.3) is 10.8 Å². The fourth-order valence-electron chi connectivity index (χ4n) is 3.00. The predicted octanol–water partition coefficient (Wildman–Crippen LogP) is 4.94. The van der Waals surface area contributed by atoms with Crippen molar-refractivity contribution in [3.05, 3.63) is 70.7 Å². The van der Waals surface area contributed by atoms with Gasteiger partial charge in [0.25, 0.3) is 0 Å². The summed E-state index contributed by atoms with van der Waals surface area (Å²) in [7, 11) is -3.76. The summed E-state index contributed by atoms with van der Waals surface area (Å²) in [5.74, 6) is -0.465. The molecule has 0 spiro atoms. The first-order valence-electron chi connectivity index (χ1n) is 8.41. The van der Waals surface area contributed by atoms with Gasteiger partial charge in [-0.3, -0.25) is 9.10 Å². The summed E-state index contributed by atoms with van der Waals surface area (Å²) in [6, 6.07) is 16.6. The van der Waals surface area contributed by atoms with Gasteiger partial charge in [0.1, 0.15) is 6.04 Å². The fourth-order valence-corrected chi connectivity index (χ4v) is 4.46. The molecule has 0 fully saturated rings. The van der Waals surface area contributed by atoms with E-state index in [0.29, 0.717) is 10.7 Å². The number of anilines is 2. The minimum Gasteiger partial charge on any atom is -0.324 e. The normalized spacial score (nSPS) is 12.6. The number of rotatable bonds is 5. The summed E-state index contributed by atoms with van der Waals surface area (Å²) in [4.78, 5) is 12.9. The van der Waals surface area contributed by atoms with E-state index in [1.165, 1.54) is 25.1 Å². The minimum atomic E-state index is -3.76. The van der Waals surface area contributed by atoms with Crippen molar-refractivity contribution in [2.45, 2.75) is 13.0 Å². The first kappa shape index (κ1) is 20.5. The molecule has 1 unspecified atom stereocenters. The lowest BCUT2D eigenvalue weighted by Gasteiger charge is -2.28. The second-order valence-corrected chi connectivity index (χ2v) is 9.02. The van der Waals surface area contributed by atoms with E-state index in [9.17, 15) is 13.2 Å². The summed E-state index contributed by atoms with van der Waals surface area (Å²) >= 11 is 12.0. The molecule has 146 valence electrons. The Hall–Kier alpha value is -2.28. The van der Waals surface area contributed by atoms with Gasteiger partial charge in [-0.15, -0.1) is 0 Å². The maximum absolute atomic E-state index is 12.9. The van der Waals surface area contributed by atoms with E-state index in [-0.39, 0.29) is 10.7 Å². The number of benzene rings is 3. The van der Waals surface area contributed by atoms with Gasteiger partial charge in [0.2, 0.25) is 15.9 Å². The Morgan fingerprint density at radius 1 is 1.00 bits per heavy atom. The molecule has 1 atom stereocenters. The molecule has 1 N–H and O–H groups in total. The lowest BCUT2D eigenvalue weighted by Crippen LogP contribution is -2.45. The Morgan fingerprint density at radius 2 is 1.68 bits per heavy atom. The van der Waals surface area contributed by atoms with Gasteiger partial charge in [0.15, 0.2) is 0 Å². The number of sulfonamides is 1. The molecule has 0 aliphatic carbocycles. The Kier molecular flexibility index (Phi) is 5.84. The summed E-state index contributed by atoms with van der Waals surface area (Å²) in [6.45, 7) is 1.52. The van der Waals surface area contributed by atoms with Crippen molar-refractivity contribution in [1.29, 1.82) is 0 Å². The van der Waals surface area contributed by atoms with Crippen molar-refractivity contribution in [3.63, 3.8) is 0 Å². The van der Waals surface area contributed by atoms with E-state index in [2.05, 4.69) is 5.32 Å². The highest BCUT2D eigenvalue weighted by Gasteiger charge is 2.29. The molecule has 0 heterocycles. The van der Waals surface area contributed by atoms with Crippen molar-refractivity contribution >= 4 is 61.3 Å². The molecule has 0 saturated heterocycles. The number of carbonyl (C=O) groups is 1. The number of hydrogen-bond donors (Lipinski definition) is 1. The monoisotopic (exact) mass is 436 g/mol. The third kappa shape index (κ3) is 4.24. The lowest BCUT2D eigenvalue weighted by molar-refractivity contribution is -0.116. The molecular weight excluding hydrogens is 419 g/mol. The van der Waals surface area contributed by atoms with E-state index in [1.54, 1.807) is 6.07 Å². The predicted molar refractivity (Wildman–Crippen MR) is 116 cm³/mol. The molecule has 0 aliphatic heterocycles. The van der Waals surface area contributed by atoms with Crippen LogP contribution in [0.15, 0.2) is 60.7 Å². The number of amides is 1. The Morgan fingerprint density at radius 3 is 2.36 bits per heavy atom. The van der Waals surface area contributed by atoms with Crippen LogP contribution in [-0.2, 0) is 14.8 Å². The third-order valence-electron chi connectivity index (χ3n) is 4.29. The standard InChI is InChI=1S/C20H18Cl2N2O3S/c1-13(24(28(2,26)27)15-10-11-17(21)18(22)12-15)20(25)23-19-9-5-7-14-6-3-4-8-16(14)19/h3-13H,1-2H3,(H,23,25). The van der Waals surface area contributed by atoms with Gasteiger partial charge in [-0.05, 0) is 36.6 Å². The highest BCUT2D eigenvalue weighted by molar-refractivity contribution is 7.92. The van der Waals surface area contributed by atoms with Crippen LogP contribution in [-0.4, -0.2) is 26.6 Å². The average molecular weight is 437 g/mol. The minimum absolute atomic E-state index is 0.203. The molecule has 0 aromatic heterocycles. The Bertz CT molecular complexity index is 1140. The molecule has 0 aliphatic rings.